The van der Waals surface area contributed by atoms with Crippen LogP contribution in [0.5, 0.6) is 0 Å². The monoisotopic (exact) mass is 284 g/mol. The van der Waals surface area contributed by atoms with Crippen LogP contribution in [-0.4, -0.2) is 5.88 Å². The summed E-state index contributed by atoms with van der Waals surface area (Å²) in [6.07, 6.45) is 0.161. The van der Waals surface area contributed by atoms with Crippen LogP contribution >= 0.6 is 11.6 Å². The van der Waals surface area contributed by atoms with Gasteiger partial charge in [0.05, 0.1) is 0 Å². The molecule has 1 atom stereocenters. The van der Waals surface area contributed by atoms with Gasteiger partial charge in [0.15, 0.2) is 11.6 Å². The van der Waals surface area contributed by atoms with Gasteiger partial charge < -0.3 is 0 Å². The molecule has 0 aliphatic rings. The summed E-state index contributed by atoms with van der Waals surface area (Å²) in [6, 6.07) is 10.2. The van der Waals surface area contributed by atoms with Gasteiger partial charge in [-0.25, -0.2) is 13.2 Å². The van der Waals surface area contributed by atoms with Gasteiger partial charge in [0.1, 0.15) is 5.82 Å². The zero-order valence-electron chi connectivity index (χ0n) is 10.0. The fourth-order valence-electron chi connectivity index (χ4n) is 2.03. The summed E-state index contributed by atoms with van der Waals surface area (Å²) in [4.78, 5) is 0. The van der Waals surface area contributed by atoms with Crippen LogP contribution in [0.15, 0.2) is 42.5 Å². The molecule has 2 aromatic carbocycles. The van der Waals surface area contributed by atoms with Crippen LogP contribution in [-0.2, 0) is 6.42 Å². The maximum atomic E-state index is 13.7. The molecule has 0 aromatic heterocycles. The lowest BCUT2D eigenvalue weighted by Gasteiger charge is -2.15. The summed E-state index contributed by atoms with van der Waals surface area (Å²) in [6.45, 7) is 0. The van der Waals surface area contributed by atoms with Crippen molar-refractivity contribution in [2.24, 2.45) is 0 Å². The first kappa shape index (κ1) is 13.9. The molecule has 0 saturated heterocycles. The van der Waals surface area contributed by atoms with Crippen LogP contribution < -0.4 is 0 Å². The highest BCUT2D eigenvalue weighted by Gasteiger charge is 2.18. The van der Waals surface area contributed by atoms with Crippen molar-refractivity contribution in [3.8, 4) is 0 Å². The summed E-state index contributed by atoms with van der Waals surface area (Å²) in [5.41, 5.74) is 0.620. The number of hydrogen-bond acceptors (Lipinski definition) is 0. The third-order valence-electron chi connectivity index (χ3n) is 3.03. The highest BCUT2D eigenvalue weighted by atomic mass is 35.5. The summed E-state index contributed by atoms with van der Waals surface area (Å²) in [5, 5.41) is 0. The lowest BCUT2D eigenvalue weighted by Crippen LogP contribution is -2.09. The van der Waals surface area contributed by atoms with E-state index in [2.05, 4.69) is 0 Å². The Balaban J connectivity index is 2.30. The SMILES string of the molecule is Fc1ccccc1C(CCl)Cc1cccc(F)c1F. The topological polar surface area (TPSA) is 0 Å². The molecule has 0 fully saturated rings. The predicted molar refractivity (Wildman–Crippen MR) is 69.9 cm³/mol. The van der Waals surface area contributed by atoms with Crippen LogP contribution in [0.25, 0.3) is 0 Å². The van der Waals surface area contributed by atoms with Gasteiger partial charge in [-0.1, -0.05) is 30.3 Å². The highest BCUT2D eigenvalue weighted by molar-refractivity contribution is 6.18. The molecule has 0 aliphatic heterocycles. The van der Waals surface area contributed by atoms with Crippen molar-refractivity contribution in [2.45, 2.75) is 12.3 Å². The highest BCUT2D eigenvalue weighted by Crippen LogP contribution is 2.26. The summed E-state index contributed by atoms with van der Waals surface area (Å²) in [5.74, 6) is -2.44. The van der Waals surface area contributed by atoms with Gasteiger partial charge in [-0.3, -0.25) is 0 Å². The van der Waals surface area contributed by atoms with Crippen molar-refractivity contribution in [3.63, 3.8) is 0 Å². The van der Waals surface area contributed by atoms with E-state index >= 15 is 0 Å². The number of benzene rings is 2. The van der Waals surface area contributed by atoms with Crippen molar-refractivity contribution >= 4 is 11.6 Å². The summed E-state index contributed by atoms with van der Waals surface area (Å²) < 4.78 is 40.4. The number of halogens is 4. The Labute approximate surface area is 114 Å². The Bertz CT molecular complexity index is 569. The quantitative estimate of drug-likeness (QED) is 0.716. The molecule has 0 nitrogen and oxygen atoms in total. The minimum absolute atomic E-state index is 0.136. The van der Waals surface area contributed by atoms with Crippen LogP contribution in [0.3, 0.4) is 0 Å². The van der Waals surface area contributed by atoms with E-state index in [9.17, 15) is 13.2 Å². The molecular formula is C15H12ClF3. The van der Waals surface area contributed by atoms with E-state index in [1.54, 1.807) is 18.2 Å². The normalized spacial score (nSPS) is 12.4. The van der Waals surface area contributed by atoms with E-state index in [1.165, 1.54) is 18.2 Å². The first-order valence-electron chi connectivity index (χ1n) is 5.86. The van der Waals surface area contributed by atoms with Crippen LogP contribution in [0.2, 0.25) is 0 Å². The van der Waals surface area contributed by atoms with E-state index in [0.717, 1.165) is 6.07 Å². The Morgan fingerprint density at radius 2 is 1.58 bits per heavy atom. The lowest BCUT2D eigenvalue weighted by atomic mass is 9.93. The molecule has 1 unspecified atom stereocenters. The molecule has 0 saturated carbocycles. The fraction of sp³-hybridized carbons (Fsp3) is 0.200. The summed E-state index contributed by atoms with van der Waals surface area (Å²) >= 11 is 5.83. The van der Waals surface area contributed by atoms with Crippen molar-refractivity contribution in [1.29, 1.82) is 0 Å². The van der Waals surface area contributed by atoms with E-state index in [1.807, 2.05) is 0 Å². The van der Waals surface area contributed by atoms with Gasteiger partial charge in [-0.2, -0.15) is 0 Å². The zero-order valence-corrected chi connectivity index (χ0v) is 10.8. The second kappa shape index (κ2) is 6.11. The Morgan fingerprint density at radius 3 is 2.26 bits per heavy atom. The molecule has 19 heavy (non-hydrogen) atoms. The minimum Gasteiger partial charge on any atom is -0.207 e. The third kappa shape index (κ3) is 3.10. The van der Waals surface area contributed by atoms with Crippen LogP contribution in [0, 0.1) is 17.5 Å². The van der Waals surface area contributed by atoms with Crippen LogP contribution in [0.4, 0.5) is 13.2 Å². The van der Waals surface area contributed by atoms with Gasteiger partial charge in [-0.15, -0.1) is 11.6 Å². The molecule has 0 amide bonds. The van der Waals surface area contributed by atoms with E-state index in [-0.39, 0.29) is 29.6 Å². The van der Waals surface area contributed by atoms with Gasteiger partial charge in [0.2, 0.25) is 0 Å². The van der Waals surface area contributed by atoms with Gasteiger partial charge >= 0.3 is 0 Å². The number of rotatable bonds is 4. The maximum Gasteiger partial charge on any atom is 0.162 e. The minimum atomic E-state index is -0.903. The number of alkyl halides is 1. The lowest BCUT2D eigenvalue weighted by molar-refractivity contribution is 0.494. The Hall–Kier alpha value is -1.48. The van der Waals surface area contributed by atoms with Gasteiger partial charge in [0.25, 0.3) is 0 Å². The summed E-state index contributed by atoms with van der Waals surface area (Å²) in [7, 11) is 0. The van der Waals surface area contributed by atoms with Crippen molar-refractivity contribution < 1.29 is 13.2 Å². The third-order valence-corrected chi connectivity index (χ3v) is 3.40. The van der Waals surface area contributed by atoms with Crippen LogP contribution in [0.1, 0.15) is 17.0 Å². The second-order valence-corrected chi connectivity index (χ2v) is 4.60. The molecular weight excluding hydrogens is 273 g/mol. The standard InChI is InChI=1S/C15H12ClF3/c16-9-11(12-5-1-2-6-13(12)17)8-10-4-3-7-14(18)15(10)19/h1-7,11H,8-9H2. The molecule has 0 N–H and O–H groups in total. The Morgan fingerprint density at radius 1 is 0.895 bits per heavy atom. The predicted octanol–water partition coefficient (Wildman–Crippen LogP) is 4.67. The molecule has 0 radical (unpaired) electrons. The molecule has 2 aromatic rings. The number of hydrogen-bond donors (Lipinski definition) is 0. The van der Waals surface area contributed by atoms with Crippen molar-refractivity contribution in [1.82, 2.24) is 0 Å². The average Bonchev–Trinajstić information content (AvgIpc) is 2.41. The van der Waals surface area contributed by atoms with Crippen molar-refractivity contribution in [2.75, 3.05) is 5.88 Å². The largest absolute Gasteiger partial charge is 0.207 e. The van der Waals surface area contributed by atoms with E-state index in [0.29, 0.717) is 5.56 Å². The maximum absolute atomic E-state index is 13.7. The zero-order chi connectivity index (χ0) is 13.8. The first-order valence-corrected chi connectivity index (χ1v) is 6.40. The fourth-order valence-corrected chi connectivity index (χ4v) is 2.30. The second-order valence-electron chi connectivity index (χ2n) is 4.29. The molecule has 100 valence electrons. The van der Waals surface area contributed by atoms with Crippen molar-refractivity contribution in [3.05, 3.63) is 71.0 Å². The van der Waals surface area contributed by atoms with E-state index in [4.69, 9.17) is 11.6 Å². The Kier molecular flexibility index (Phi) is 4.48. The molecule has 0 aliphatic carbocycles. The average molecular weight is 285 g/mol. The molecule has 0 bridgehead atoms. The molecule has 2 rings (SSSR count). The van der Waals surface area contributed by atoms with Gasteiger partial charge in [-0.05, 0) is 29.7 Å². The van der Waals surface area contributed by atoms with Gasteiger partial charge in [0, 0.05) is 11.8 Å². The molecule has 4 heteroatoms. The first-order chi connectivity index (χ1) is 9.13. The molecule has 0 spiro atoms. The molecule has 0 heterocycles. The van der Waals surface area contributed by atoms with E-state index < -0.39 is 11.6 Å². The smallest absolute Gasteiger partial charge is 0.162 e.